The molecular formula is C17H12ClF4LiN4O3-2. The van der Waals surface area contributed by atoms with Crippen LogP contribution >= 0.6 is 11.6 Å². The van der Waals surface area contributed by atoms with Gasteiger partial charge in [-0.2, -0.15) is 18.6 Å². The third kappa shape index (κ3) is 5.50. The number of rotatable bonds is 6. The number of ether oxygens (including phenoxy) is 2. The Bertz CT molecular complexity index is 968. The molecule has 0 atom stereocenters. The summed E-state index contributed by atoms with van der Waals surface area (Å²) in [6, 6.07) is 3.31. The van der Waals surface area contributed by atoms with Gasteiger partial charge in [-0.05, 0) is 17.2 Å². The average Bonchev–Trinajstić information content (AvgIpc) is 3.20. The van der Waals surface area contributed by atoms with E-state index < -0.39 is 18.8 Å². The summed E-state index contributed by atoms with van der Waals surface area (Å²) >= 11 is 5.96. The van der Waals surface area contributed by atoms with Crippen molar-refractivity contribution in [1.29, 1.82) is 0 Å². The molecule has 0 spiro atoms. The van der Waals surface area contributed by atoms with E-state index in [0.29, 0.717) is 0 Å². The SMILES string of the molecule is [CH-]=C(N=C[CH-]NC(=O)c1ccnn1C(F)F)c1cc2c(cc1Cl)OC(F)(F)O2.[CH3-].[Li+]. The molecule has 1 aliphatic rings. The summed E-state index contributed by atoms with van der Waals surface area (Å²) in [6.07, 6.45) is -1.72. The second-order valence-electron chi connectivity index (χ2n) is 5.19. The van der Waals surface area contributed by atoms with Crippen LogP contribution in [0.15, 0.2) is 29.4 Å². The van der Waals surface area contributed by atoms with Gasteiger partial charge in [0.2, 0.25) is 5.91 Å². The Balaban J connectivity index is 0.00000225. The number of carbonyl (C=O) groups excluding carboxylic acids is 1. The van der Waals surface area contributed by atoms with Crippen LogP contribution in [0.4, 0.5) is 17.6 Å². The first-order valence-corrected chi connectivity index (χ1v) is 7.76. The molecule has 1 aromatic carbocycles. The summed E-state index contributed by atoms with van der Waals surface area (Å²) in [5, 5.41) is 5.50. The van der Waals surface area contributed by atoms with E-state index in [1.54, 1.807) is 0 Å². The molecule has 30 heavy (non-hydrogen) atoms. The molecule has 1 aromatic heterocycles. The maximum atomic E-state index is 13.1. The Morgan fingerprint density at radius 1 is 1.37 bits per heavy atom. The van der Waals surface area contributed by atoms with Crippen LogP contribution in [0, 0.1) is 20.6 Å². The van der Waals surface area contributed by atoms with E-state index in [0.717, 1.165) is 37.2 Å². The van der Waals surface area contributed by atoms with Gasteiger partial charge in [0.15, 0.2) is 11.5 Å². The van der Waals surface area contributed by atoms with Crippen molar-refractivity contribution in [3.63, 3.8) is 0 Å². The number of alkyl halides is 4. The molecule has 1 N–H and O–H groups in total. The molecule has 0 saturated carbocycles. The monoisotopic (exact) mass is 438 g/mol. The summed E-state index contributed by atoms with van der Waals surface area (Å²) in [5.74, 6) is -1.39. The van der Waals surface area contributed by atoms with Gasteiger partial charge in [-0.15, -0.1) is 37.9 Å². The number of hydrogen-bond donors (Lipinski definition) is 1. The molecule has 0 saturated heterocycles. The molecular weight excluding hydrogens is 427 g/mol. The first-order valence-electron chi connectivity index (χ1n) is 7.38. The van der Waals surface area contributed by atoms with Crippen LogP contribution in [0.3, 0.4) is 0 Å². The van der Waals surface area contributed by atoms with Crippen LogP contribution in [-0.4, -0.2) is 28.2 Å². The van der Waals surface area contributed by atoms with Crippen LogP contribution in [-0.2, 0) is 0 Å². The number of nitrogens with zero attached hydrogens (tertiary/aromatic N) is 3. The molecule has 3 rings (SSSR count). The Hall–Kier alpha value is -2.61. The Kier molecular flexibility index (Phi) is 8.41. The van der Waals surface area contributed by atoms with E-state index in [9.17, 15) is 22.4 Å². The van der Waals surface area contributed by atoms with Gasteiger partial charge in [-0.25, -0.2) is 0 Å². The molecule has 0 aliphatic carbocycles. The van der Waals surface area contributed by atoms with Crippen LogP contribution in [0.25, 0.3) is 5.70 Å². The van der Waals surface area contributed by atoms with Crippen molar-refractivity contribution in [2.45, 2.75) is 12.8 Å². The van der Waals surface area contributed by atoms with E-state index in [1.807, 2.05) is 0 Å². The number of aliphatic imine (C=N–C) groups is 1. The minimum atomic E-state index is -3.81. The van der Waals surface area contributed by atoms with Crippen LogP contribution < -0.4 is 33.7 Å². The van der Waals surface area contributed by atoms with Crippen LogP contribution in [0.2, 0.25) is 5.02 Å². The van der Waals surface area contributed by atoms with Gasteiger partial charge in [0, 0.05) is 6.20 Å². The predicted octanol–water partition coefficient (Wildman–Crippen LogP) is 1.14. The zero-order valence-corrected chi connectivity index (χ0v) is 16.3. The van der Waals surface area contributed by atoms with Crippen molar-refractivity contribution in [2.24, 2.45) is 4.99 Å². The van der Waals surface area contributed by atoms with Gasteiger partial charge in [-0.3, -0.25) is 17.9 Å². The summed E-state index contributed by atoms with van der Waals surface area (Å²) in [6.45, 7) is 3.79. The molecule has 0 radical (unpaired) electrons. The fraction of sp³-hybridized carbons (Fsp3) is 0.118. The smallest absolute Gasteiger partial charge is 0.480 e. The molecule has 7 nitrogen and oxygen atoms in total. The predicted molar refractivity (Wildman–Crippen MR) is 95.5 cm³/mol. The van der Waals surface area contributed by atoms with Gasteiger partial charge in [-0.1, -0.05) is 6.07 Å². The van der Waals surface area contributed by atoms with Crippen molar-refractivity contribution < 1.29 is 50.7 Å². The number of aromatic nitrogens is 2. The van der Waals surface area contributed by atoms with E-state index in [4.69, 9.17) is 18.2 Å². The number of nitrogens with one attached hydrogen (secondary N) is 1. The fourth-order valence-electron chi connectivity index (χ4n) is 2.19. The molecule has 0 fully saturated rings. The summed E-state index contributed by atoms with van der Waals surface area (Å²) < 4.78 is 60.3. The minimum Gasteiger partial charge on any atom is -0.480 e. The van der Waals surface area contributed by atoms with Crippen molar-refractivity contribution in [1.82, 2.24) is 15.1 Å². The van der Waals surface area contributed by atoms with Gasteiger partial charge in [0.05, 0.1) is 0 Å². The Morgan fingerprint density at radius 2 is 2.00 bits per heavy atom. The van der Waals surface area contributed by atoms with Crippen molar-refractivity contribution in [3.05, 3.63) is 61.2 Å². The minimum absolute atomic E-state index is 0. The van der Waals surface area contributed by atoms with E-state index in [1.165, 1.54) is 0 Å². The average molecular weight is 439 g/mol. The van der Waals surface area contributed by atoms with E-state index >= 15 is 0 Å². The molecule has 1 aliphatic heterocycles. The number of halogens is 5. The number of benzene rings is 1. The second kappa shape index (κ2) is 9.93. The Labute approximate surface area is 185 Å². The quantitative estimate of drug-likeness (QED) is 0.318. The van der Waals surface area contributed by atoms with E-state index in [-0.39, 0.29) is 64.4 Å². The van der Waals surface area contributed by atoms with E-state index in [2.05, 4.69) is 24.9 Å². The fourth-order valence-corrected chi connectivity index (χ4v) is 2.44. The summed E-state index contributed by atoms with van der Waals surface area (Å²) in [4.78, 5) is 15.6. The topological polar surface area (TPSA) is 77.7 Å². The largest absolute Gasteiger partial charge is 1.00 e. The number of carbonyl (C=O) groups is 1. The first-order chi connectivity index (χ1) is 13.2. The normalized spacial score (nSPS) is 13.5. The van der Waals surface area contributed by atoms with Crippen molar-refractivity contribution in [2.75, 3.05) is 0 Å². The molecule has 0 bridgehead atoms. The zero-order chi connectivity index (χ0) is 20.5. The first kappa shape index (κ1) is 25.4. The molecule has 13 heteroatoms. The molecule has 1 amide bonds. The van der Waals surface area contributed by atoms with Gasteiger partial charge >= 0.3 is 31.7 Å². The zero-order valence-electron chi connectivity index (χ0n) is 15.6. The molecule has 2 heterocycles. The summed E-state index contributed by atoms with van der Waals surface area (Å²) in [5.41, 5.74) is -0.473. The van der Waals surface area contributed by atoms with Crippen LogP contribution in [0.5, 0.6) is 11.5 Å². The van der Waals surface area contributed by atoms with Gasteiger partial charge in [0.1, 0.15) is 5.69 Å². The standard InChI is InChI=1S/C16H9ClF4N4O3.CH3.Li/c1-8(9-6-12-13(7-10(9)17)28-16(20,21)27-12)22-4-5-23-14(26)11-2-3-24-25(11)15(18)19;;/h1-7,15H,(H,23,26);1H3;/q-2;-1;+1. The van der Waals surface area contributed by atoms with Gasteiger partial charge < -0.3 is 27.2 Å². The molecule has 2 aromatic rings. The van der Waals surface area contributed by atoms with Gasteiger partial charge in [0.25, 0.3) is 0 Å². The third-order valence-electron chi connectivity index (χ3n) is 3.36. The molecule has 0 unspecified atom stereocenters. The number of hydrogen-bond acceptors (Lipinski definition) is 5. The number of fused-ring (bicyclic) bond motifs is 1. The third-order valence-corrected chi connectivity index (χ3v) is 3.67. The maximum Gasteiger partial charge on any atom is 1.00 e. The maximum absolute atomic E-state index is 13.1. The molecule has 156 valence electrons. The summed E-state index contributed by atoms with van der Waals surface area (Å²) in [7, 11) is 0. The van der Waals surface area contributed by atoms with Crippen LogP contribution in [0.1, 0.15) is 22.6 Å². The number of amides is 1. The van der Waals surface area contributed by atoms with Crippen molar-refractivity contribution >= 4 is 29.4 Å². The van der Waals surface area contributed by atoms with Crippen molar-refractivity contribution in [3.8, 4) is 11.5 Å². The Morgan fingerprint density at radius 3 is 2.63 bits per heavy atom. The second-order valence-corrected chi connectivity index (χ2v) is 5.60.